The molecule has 4 heteroatoms. The van der Waals surface area contributed by atoms with Gasteiger partial charge in [0.15, 0.2) is 0 Å². The van der Waals surface area contributed by atoms with E-state index in [4.69, 9.17) is 9.84 Å². The third-order valence-electron chi connectivity index (χ3n) is 3.63. The maximum atomic E-state index is 12.3. The second-order valence-corrected chi connectivity index (χ2v) is 5.15. The Balaban J connectivity index is 2.00. The molecule has 116 valence electrons. The first-order valence-corrected chi connectivity index (χ1v) is 7.28. The Morgan fingerprint density at radius 3 is 2.32 bits per heavy atom. The van der Waals surface area contributed by atoms with Crippen LogP contribution >= 0.6 is 0 Å². The first kappa shape index (κ1) is 16.0. The smallest absolute Gasteiger partial charge is 0.231 e. The lowest BCUT2D eigenvalue weighted by Crippen LogP contribution is -2.18. The fourth-order valence-corrected chi connectivity index (χ4v) is 2.18. The highest BCUT2D eigenvalue weighted by Crippen LogP contribution is 2.21. The maximum absolute atomic E-state index is 12.3. The molecule has 0 aromatic heterocycles. The Hall–Kier alpha value is -2.33. The van der Waals surface area contributed by atoms with Gasteiger partial charge in [-0.2, -0.15) is 0 Å². The average molecular weight is 299 g/mol. The second kappa shape index (κ2) is 7.61. The number of amides is 1. The van der Waals surface area contributed by atoms with Gasteiger partial charge in [0.05, 0.1) is 13.0 Å². The van der Waals surface area contributed by atoms with E-state index in [1.807, 2.05) is 55.5 Å². The minimum Gasteiger partial charge on any atom is -0.497 e. The van der Waals surface area contributed by atoms with E-state index in [1.165, 1.54) is 0 Å². The van der Waals surface area contributed by atoms with Gasteiger partial charge in [0.25, 0.3) is 0 Å². The second-order valence-electron chi connectivity index (χ2n) is 5.15. The molecule has 0 spiro atoms. The van der Waals surface area contributed by atoms with Crippen molar-refractivity contribution in [2.45, 2.75) is 19.3 Å². The number of rotatable bonds is 6. The molecule has 0 aliphatic carbocycles. The number of hydrogen-bond donors (Lipinski definition) is 2. The Morgan fingerprint density at radius 2 is 1.77 bits per heavy atom. The molecule has 0 saturated carbocycles. The Labute approximate surface area is 130 Å². The minimum atomic E-state index is -0.247. The van der Waals surface area contributed by atoms with Gasteiger partial charge in [-0.3, -0.25) is 4.79 Å². The molecule has 0 radical (unpaired) electrons. The number of hydrogen-bond acceptors (Lipinski definition) is 3. The van der Waals surface area contributed by atoms with Crippen LogP contribution in [0.15, 0.2) is 48.5 Å². The highest BCUT2D eigenvalue weighted by Gasteiger charge is 2.15. The molecular weight excluding hydrogens is 278 g/mol. The van der Waals surface area contributed by atoms with Crippen LogP contribution in [0, 0.1) is 0 Å². The van der Waals surface area contributed by atoms with Crippen LogP contribution in [-0.4, -0.2) is 24.7 Å². The van der Waals surface area contributed by atoms with Crippen molar-refractivity contribution >= 4 is 11.6 Å². The van der Waals surface area contributed by atoms with Gasteiger partial charge in [-0.05, 0) is 48.7 Å². The highest BCUT2D eigenvalue weighted by molar-refractivity contribution is 5.95. The number of carbonyl (C=O) groups is 1. The van der Waals surface area contributed by atoms with Crippen molar-refractivity contribution < 1.29 is 14.6 Å². The van der Waals surface area contributed by atoms with Crippen molar-refractivity contribution in [3.63, 3.8) is 0 Å². The lowest BCUT2D eigenvalue weighted by molar-refractivity contribution is -0.117. The fourth-order valence-electron chi connectivity index (χ4n) is 2.18. The SMILES string of the molecule is COc1ccc(C(C)C(=O)Nc2ccc(CCO)cc2)cc1. The Bertz CT molecular complexity index is 605. The number of nitrogens with one attached hydrogen (secondary N) is 1. The molecule has 2 aromatic rings. The molecule has 1 atom stereocenters. The number of carbonyl (C=O) groups excluding carboxylic acids is 1. The van der Waals surface area contributed by atoms with Gasteiger partial charge in [0, 0.05) is 12.3 Å². The predicted octanol–water partition coefficient (Wildman–Crippen LogP) is 2.97. The molecule has 0 saturated heterocycles. The monoisotopic (exact) mass is 299 g/mol. The van der Waals surface area contributed by atoms with Crippen LogP contribution in [0.1, 0.15) is 24.0 Å². The molecule has 0 aliphatic heterocycles. The van der Waals surface area contributed by atoms with Crippen molar-refractivity contribution in [2.24, 2.45) is 0 Å². The number of benzene rings is 2. The van der Waals surface area contributed by atoms with E-state index in [1.54, 1.807) is 7.11 Å². The molecule has 0 aliphatic rings. The van der Waals surface area contributed by atoms with Gasteiger partial charge in [0.1, 0.15) is 5.75 Å². The zero-order valence-corrected chi connectivity index (χ0v) is 12.9. The summed E-state index contributed by atoms with van der Waals surface area (Å²) in [5.41, 5.74) is 2.74. The molecule has 22 heavy (non-hydrogen) atoms. The molecule has 2 rings (SSSR count). The molecule has 1 unspecified atom stereocenters. The molecule has 4 nitrogen and oxygen atoms in total. The third kappa shape index (κ3) is 4.09. The lowest BCUT2D eigenvalue weighted by Gasteiger charge is -2.13. The van der Waals surface area contributed by atoms with Gasteiger partial charge in [0.2, 0.25) is 5.91 Å². The van der Waals surface area contributed by atoms with Gasteiger partial charge in [-0.15, -0.1) is 0 Å². The van der Waals surface area contributed by atoms with E-state index in [9.17, 15) is 4.79 Å². The van der Waals surface area contributed by atoms with Gasteiger partial charge in [-0.25, -0.2) is 0 Å². The molecule has 0 bridgehead atoms. The van der Waals surface area contributed by atoms with Crippen molar-refractivity contribution in [3.05, 3.63) is 59.7 Å². The number of methoxy groups -OCH3 is 1. The van der Waals surface area contributed by atoms with E-state index in [-0.39, 0.29) is 18.4 Å². The van der Waals surface area contributed by atoms with Crippen molar-refractivity contribution in [3.8, 4) is 5.75 Å². The summed E-state index contributed by atoms with van der Waals surface area (Å²) in [5.74, 6) is 0.471. The van der Waals surface area contributed by atoms with E-state index < -0.39 is 0 Å². The summed E-state index contributed by atoms with van der Waals surface area (Å²) >= 11 is 0. The summed E-state index contributed by atoms with van der Waals surface area (Å²) in [4.78, 5) is 12.3. The Kier molecular flexibility index (Phi) is 5.55. The summed E-state index contributed by atoms with van der Waals surface area (Å²) < 4.78 is 5.12. The topological polar surface area (TPSA) is 58.6 Å². The normalized spacial score (nSPS) is 11.8. The summed E-state index contributed by atoms with van der Waals surface area (Å²) in [5, 5.41) is 11.8. The van der Waals surface area contributed by atoms with Crippen LogP contribution in [0.4, 0.5) is 5.69 Å². The Morgan fingerprint density at radius 1 is 1.14 bits per heavy atom. The van der Waals surface area contributed by atoms with E-state index >= 15 is 0 Å². The molecule has 0 heterocycles. The zero-order valence-electron chi connectivity index (χ0n) is 12.9. The first-order chi connectivity index (χ1) is 10.6. The largest absolute Gasteiger partial charge is 0.497 e. The zero-order chi connectivity index (χ0) is 15.9. The van der Waals surface area contributed by atoms with Crippen LogP contribution in [-0.2, 0) is 11.2 Å². The van der Waals surface area contributed by atoms with Crippen molar-refractivity contribution in [1.29, 1.82) is 0 Å². The maximum Gasteiger partial charge on any atom is 0.231 e. The van der Waals surface area contributed by atoms with Crippen LogP contribution < -0.4 is 10.1 Å². The van der Waals surface area contributed by atoms with Crippen LogP contribution in [0.3, 0.4) is 0 Å². The number of aliphatic hydroxyl groups is 1. The van der Waals surface area contributed by atoms with Crippen LogP contribution in [0.2, 0.25) is 0 Å². The van der Waals surface area contributed by atoms with Gasteiger partial charge in [-0.1, -0.05) is 24.3 Å². The molecule has 2 N–H and O–H groups in total. The third-order valence-corrected chi connectivity index (χ3v) is 3.63. The molecular formula is C18H21NO3. The highest BCUT2D eigenvalue weighted by atomic mass is 16.5. The predicted molar refractivity (Wildman–Crippen MR) is 87.3 cm³/mol. The standard InChI is InChI=1S/C18H21NO3/c1-13(15-5-9-17(22-2)10-6-15)18(21)19-16-7-3-14(4-8-16)11-12-20/h3-10,13,20H,11-12H2,1-2H3,(H,19,21). The van der Waals surface area contributed by atoms with E-state index in [2.05, 4.69) is 5.32 Å². The summed E-state index contributed by atoms with van der Waals surface area (Å²) in [6, 6.07) is 15.0. The summed E-state index contributed by atoms with van der Waals surface area (Å²) in [7, 11) is 1.62. The molecule has 1 amide bonds. The van der Waals surface area contributed by atoms with Crippen molar-refractivity contribution in [2.75, 3.05) is 19.0 Å². The number of ether oxygens (including phenoxy) is 1. The van der Waals surface area contributed by atoms with Crippen molar-refractivity contribution in [1.82, 2.24) is 0 Å². The number of anilines is 1. The summed E-state index contributed by atoms with van der Waals surface area (Å²) in [6.07, 6.45) is 0.622. The lowest BCUT2D eigenvalue weighted by atomic mass is 10.00. The fraction of sp³-hybridized carbons (Fsp3) is 0.278. The number of aliphatic hydroxyl groups excluding tert-OH is 1. The van der Waals surface area contributed by atoms with E-state index in [0.29, 0.717) is 6.42 Å². The quantitative estimate of drug-likeness (QED) is 0.862. The van der Waals surface area contributed by atoms with Gasteiger partial charge < -0.3 is 15.2 Å². The van der Waals surface area contributed by atoms with Crippen LogP contribution in [0.5, 0.6) is 5.75 Å². The molecule has 2 aromatic carbocycles. The van der Waals surface area contributed by atoms with Gasteiger partial charge >= 0.3 is 0 Å². The summed E-state index contributed by atoms with van der Waals surface area (Å²) in [6.45, 7) is 2.00. The van der Waals surface area contributed by atoms with Crippen LogP contribution in [0.25, 0.3) is 0 Å². The minimum absolute atomic E-state index is 0.0555. The molecule has 0 fully saturated rings. The average Bonchev–Trinajstić information content (AvgIpc) is 2.56. The van der Waals surface area contributed by atoms with E-state index in [0.717, 1.165) is 22.6 Å². The first-order valence-electron chi connectivity index (χ1n) is 7.28.